The maximum absolute atomic E-state index is 12.4. The van der Waals surface area contributed by atoms with Crippen LogP contribution in [0.15, 0.2) is 0 Å². The maximum atomic E-state index is 12.4. The van der Waals surface area contributed by atoms with E-state index in [0.29, 0.717) is 19.3 Å². The van der Waals surface area contributed by atoms with Gasteiger partial charge in [0.2, 0.25) is 0 Å². The highest BCUT2D eigenvalue weighted by molar-refractivity contribution is 5.90. The lowest BCUT2D eigenvalue weighted by Gasteiger charge is -2.34. The molecule has 1 fully saturated rings. The molecule has 6 heteroatoms. The molecule has 0 saturated heterocycles. The van der Waals surface area contributed by atoms with Crippen LogP contribution < -0.4 is 0 Å². The highest BCUT2D eigenvalue weighted by atomic mass is 16.6. The molecule has 1 atom stereocenters. The molecule has 0 heterocycles. The predicted molar refractivity (Wildman–Crippen MR) is 81.6 cm³/mol. The Morgan fingerprint density at radius 1 is 1.00 bits per heavy atom. The van der Waals surface area contributed by atoms with Crippen LogP contribution in [0.3, 0.4) is 0 Å². The van der Waals surface area contributed by atoms with E-state index in [1.807, 2.05) is 0 Å². The van der Waals surface area contributed by atoms with Gasteiger partial charge in [0.05, 0.1) is 6.04 Å². The van der Waals surface area contributed by atoms with Crippen LogP contribution in [-0.4, -0.2) is 40.1 Å². The number of nitrogens with zero attached hydrogens (tertiary/aromatic N) is 1. The summed E-state index contributed by atoms with van der Waals surface area (Å²) in [5, 5.41) is 0. The second kappa shape index (κ2) is 6.67. The van der Waals surface area contributed by atoms with Crippen molar-refractivity contribution in [3.8, 4) is 0 Å². The molecule has 0 aliphatic heterocycles. The Balaban J connectivity index is 2.96. The van der Waals surface area contributed by atoms with Gasteiger partial charge in [-0.1, -0.05) is 0 Å². The van der Waals surface area contributed by atoms with Crippen LogP contribution in [0.4, 0.5) is 9.59 Å². The van der Waals surface area contributed by atoms with Gasteiger partial charge < -0.3 is 9.47 Å². The van der Waals surface area contributed by atoms with Crippen molar-refractivity contribution >= 4 is 18.0 Å². The fourth-order valence-corrected chi connectivity index (χ4v) is 2.22. The van der Waals surface area contributed by atoms with E-state index in [-0.39, 0.29) is 12.2 Å². The fourth-order valence-electron chi connectivity index (χ4n) is 2.22. The van der Waals surface area contributed by atoms with Gasteiger partial charge >= 0.3 is 12.2 Å². The molecule has 1 unspecified atom stereocenters. The molecule has 0 aromatic rings. The predicted octanol–water partition coefficient (Wildman–Crippen LogP) is 3.67. The van der Waals surface area contributed by atoms with Crippen molar-refractivity contribution in [3.63, 3.8) is 0 Å². The first-order valence-corrected chi connectivity index (χ1v) is 7.66. The molecule has 0 N–H and O–H groups in total. The van der Waals surface area contributed by atoms with Gasteiger partial charge in [0.1, 0.15) is 17.0 Å². The van der Waals surface area contributed by atoms with Gasteiger partial charge in [-0.25, -0.2) is 14.5 Å². The molecular weight excluding hydrogens is 286 g/mol. The highest BCUT2D eigenvalue weighted by Gasteiger charge is 2.38. The van der Waals surface area contributed by atoms with Gasteiger partial charge in [0.25, 0.3) is 0 Å². The van der Waals surface area contributed by atoms with E-state index in [0.717, 1.165) is 4.90 Å². The molecule has 6 nitrogen and oxygen atoms in total. The summed E-state index contributed by atoms with van der Waals surface area (Å²) in [6.45, 7) is 10.4. The maximum Gasteiger partial charge on any atom is 0.420 e. The Labute approximate surface area is 132 Å². The van der Waals surface area contributed by atoms with Gasteiger partial charge in [-0.05, 0) is 54.4 Å². The van der Waals surface area contributed by atoms with E-state index in [1.54, 1.807) is 41.5 Å². The summed E-state index contributed by atoms with van der Waals surface area (Å²) < 4.78 is 10.6. The molecule has 0 radical (unpaired) electrons. The van der Waals surface area contributed by atoms with Crippen LogP contribution in [0.1, 0.15) is 67.2 Å². The topological polar surface area (TPSA) is 72.9 Å². The van der Waals surface area contributed by atoms with Crippen LogP contribution in [-0.2, 0) is 14.3 Å². The molecule has 0 aromatic heterocycles. The van der Waals surface area contributed by atoms with Crippen molar-refractivity contribution in [1.82, 2.24) is 4.90 Å². The number of Topliss-reactive ketones (excluding diaryl/α,β-unsaturated/α-hetero) is 1. The standard InChI is InChI=1S/C16H27NO5/c1-15(2,3)21-13(19)17(14(20)22-16(4,5)6)11-8-7-9-12(18)10-11/h11H,7-10H2,1-6H3. The molecule has 0 spiro atoms. The van der Waals surface area contributed by atoms with Crippen LogP contribution >= 0.6 is 0 Å². The average Bonchev–Trinajstić information content (AvgIpc) is 2.23. The van der Waals surface area contributed by atoms with Gasteiger partial charge in [-0.2, -0.15) is 0 Å². The Morgan fingerprint density at radius 2 is 1.45 bits per heavy atom. The Morgan fingerprint density at radius 3 is 1.82 bits per heavy atom. The van der Waals surface area contributed by atoms with E-state index in [4.69, 9.17) is 9.47 Å². The van der Waals surface area contributed by atoms with Crippen molar-refractivity contribution in [3.05, 3.63) is 0 Å². The van der Waals surface area contributed by atoms with Gasteiger partial charge in [-0.15, -0.1) is 0 Å². The molecule has 0 bridgehead atoms. The molecule has 1 rings (SSSR count). The van der Waals surface area contributed by atoms with Crippen LogP contribution in [0, 0.1) is 0 Å². The number of hydrogen-bond acceptors (Lipinski definition) is 5. The monoisotopic (exact) mass is 313 g/mol. The zero-order valence-corrected chi connectivity index (χ0v) is 14.4. The average molecular weight is 313 g/mol. The minimum absolute atomic E-state index is 0.0494. The molecule has 1 aliphatic rings. The number of hydrogen-bond donors (Lipinski definition) is 0. The molecule has 1 saturated carbocycles. The summed E-state index contributed by atoms with van der Waals surface area (Å²) in [5.74, 6) is 0.0494. The molecule has 126 valence electrons. The Kier molecular flexibility index (Phi) is 5.59. The minimum Gasteiger partial charge on any atom is -0.443 e. The first-order valence-electron chi connectivity index (χ1n) is 7.66. The summed E-state index contributed by atoms with van der Waals surface area (Å²) in [6, 6.07) is -0.494. The summed E-state index contributed by atoms with van der Waals surface area (Å²) in [7, 11) is 0. The van der Waals surface area contributed by atoms with Crippen molar-refractivity contribution in [2.75, 3.05) is 0 Å². The zero-order chi connectivity index (χ0) is 17.1. The number of imide groups is 1. The van der Waals surface area contributed by atoms with Crippen LogP contribution in [0.25, 0.3) is 0 Å². The molecule has 0 aromatic carbocycles. The smallest absolute Gasteiger partial charge is 0.420 e. The molecule has 22 heavy (non-hydrogen) atoms. The number of carbonyl (C=O) groups excluding carboxylic acids is 3. The summed E-state index contributed by atoms with van der Waals surface area (Å²) in [4.78, 5) is 37.4. The van der Waals surface area contributed by atoms with Gasteiger partial charge in [0, 0.05) is 12.8 Å². The third-order valence-electron chi connectivity index (χ3n) is 3.00. The third-order valence-corrected chi connectivity index (χ3v) is 3.00. The second-order valence-corrected chi connectivity index (χ2v) is 7.62. The third kappa shape index (κ3) is 6.03. The van der Waals surface area contributed by atoms with Crippen molar-refractivity contribution < 1.29 is 23.9 Å². The lowest BCUT2D eigenvalue weighted by Crippen LogP contribution is -2.50. The summed E-state index contributed by atoms with van der Waals surface area (Å²) in [5.41, 5.74) is -1.45. The summed E-state index contributed by atoms with van der Waals surface area (Å²) in [6.07, 6.45) is 0.379. The number of ketones is 1. The summed E-state index contributed by atoms with van der Waals surface area (Å²) >= 11 is 0. The lowest BCUT2D eigenvalue weighted by molar-refractivity contribution is -0.121. The van der Waals surface area contributed by atoms with Crippen LogP contribution in [0.5, 0.6) is 0 Å². The molecular formula is C16H27NO5. The van der Waals surface area contributed by atoms with Crippen molar-refractivity contribution in [1.29, 1.82) is 0 Å². The largest absolute Gasteiger partial charge is 0.443 e. The number of rotatable bonds is 1. The number of carbonyl (C=O) groups is 3. The van der Waals surface area contributed by atoms with Gasteiger partial charge in [-0.3, -0.25) is 4.79 Å². The Hall–Kier alpha value is -1.59. The van der Waals surface area contributed by atoms with Crippen LogP contribution in [0.2, 0.25) is 0 Å². The first-order chi connectivity index (χ1) is 9.89. The number of ether oxygens (including phenoxy) is 2. The zero-order valence-electron chi connectivity index (χ0n) is 14.4. The molecule has 1 aliphatic carbocycles. The first kappa shape index (κ1) is 18.5. The molecule has 2 amide bonds. The highest BCUT2D eigenvalue weighted by Crippen LogP contribution is 2.24. The number of amides is 2. The second-order valence-electron chi connectivity index (χ2n) is 7.62. The lowest BCUT2D eigenvalue weighted by atomic mass is 9.93. The van der Waals surface area contributed by atoms with E-state index in [2.05, 4.69) is 0 Å². The van der Waals surface area contributed by atoms with E-state index >= 15 is 0 Å². The Bertz CT molecular complexity index is 416. The fraction of sp³-hybridized carbons (Fsp3) is 0.812. The van der Waals surface area contributed by atoms with Crippen molar-refractivity contribution in [2.24, 2.45) is 0 Å². The quantitative estimate of drug-likeness (QED) is 0.738. The van der Waals surface area contributed by atoms with Gasteiger partial charge in [0.15, 0.2) is 0 Å². The SMILES string of the molecule is CC(C)(C)OC(=O)N(C(=O)OC(C)(C)C)C1CCCC(=O)C1. The van der Waals surface area contributed by atoms with E-state index < -0.39 is 29.4 Å². The minimum atomic E-state index is -0.763. The van der Waals surface area contributed by atoms with E-state index in [9.17, 15) is 14.4 Å². The van der Waals surface area contributed by atoms with E-state index in [1.165, 1.54) is 0 Å². The van der Waals surface area contributed by atoms with Crippen molar-refractivity contribution in [2.45, 2.75) is 84.5 Å². The normalized spacial score (nSPS) is 19.5.